The zero-order valence-corrected chi connectivity index (χ0v) is 6.33. The number of nitrogens with zero attached hydrogens (tertiary/aromatic N) is 2. The molecule has 0 N–H and O–H groups in total. The molecular weight excluding hydrogens is 124 g/mol. The Morgan fingerprint density at radius 3 is 3.00 bits per heavy atom. The summed E-state index contributed by atoms with van der Waals surface area (Å²) in [7, 11) is 0. The molecule has 0 saturated carbocycles. The van der Waals surface area contributed by atoms with Gasteiger partial charge in [-0.15, -0.1) is 5.10 Å². The largest absolute Gasteiger partial charge is 0.158 e. The molecule has 2 heteroatoms. The second kappa shape index (κ2) is 3.30. The highest BCUT2D eigenvalue weighted by atomic mass is 15.1. The van der Waals surface area contributed by atoms with E-state index in [1.165, 1.54) is 5.56 Å². The van der Waals surface area contributed by atoms with E-state index in [0.29, 0.717) is 5.92 Å². The molecule has 1 rings (SSSR count). The van der Waals surface area contributed by atoms with Crippen molar-refractivity contribution in [2.75, 3.05) is 0 Å². The molecule has 10 heavy (non-hydrogen) atoms. The molecule has 0 aliphatic carbocycles. The lowest BCUT2D eigenvalue weighted by Gasteiger charge is -2.05. The summed E-state index contributed by atoms with van der Waals surface area (Å²) in [6, 6.07) is 1.89. The highest BCUT2D eigenvalue weighted by molar-refractivity contribution is 5.09. The average Bonchev–Trinajstić information content (AvgIpc) is 2.05. The molecule has 1 aromatic heterocycles. The Balaban J connectivity index is 2.75. The van der Waals surface area contributed by atoms with Crippen LogP contribution in [-0.2, 0) is 0 Å². The smallest absolute Gasteiger partial charge is 0.114 e. The van der Waals surface area contributed by atoms with Gasteiger partial charge in [0.25, 0.3) is 0 Å². The van der Waals surface area contributed by atoms with Crippen molar-refractivity contribution in [3.05, 3.63) is 24.0 Å². The Kier molecular flexibility index (Phi) is 2.37. The van der Waals surface area contributed by atoms with Crippen LogP contribution in [-0.4, -0.2) is 10.2 Å². The van der Waals surface area contributed by atoms with Crippen molar-refractivity contribution in [1.82, 2.24) is 10.2 Å². The van der Waals surface area contributed by atoms with Crippen LogP contribution >= 0.6 is 0 Å². The van der Waals surface area contributed by atoms with E-state index in [9.17, 15) is 0 Å². The van der Waals surface area contributed by atoms with Crippen molar-refractivity contribution in [3.8, 4) is 0 Å². The standard InChI is InChI=1S/C8H11N2/c1-3-7(2)8-4-5-9-10-6-8/h4,6-7H,3H2,1-2H3. The molecule has 53 valence electrons. The molecule has 0 spiro atoms. The molecule has 0 aliphatic heterocycles. The monoisotopic (exact) mass is 135 g/mol. The van der Waals surface area contributed by atoms with E-state index in [1.807, 2.05) is 6.07 Å². The van der Waals surface area contributed by atoms with E-state index < -0.39 is 0 Å². The van der Waals surface area contributed by atoms with E-state index in [2.05, 4.69) is 30.2 Å². The normalized spacial score (nSPS) is 13.0. The molecule has 0 amide bonds. The SMILES string of the molecule is CCC(C)c1c[c]nnc1. The first-order valence-corrected chi connectivity index (χ1v) is 3.53. The van der Waals surface area contributed by atoms with Gasteiger partial charge < -0.3 is 0 Å². The average molecular weight is 135 g/mol. The Morgan fingerprint density at radius 1 is 1.70 bits per heavy atom. The van der Waals surface area contributed by atoms with Crippen LogP contribution in [0.25, 0.3) is 0 Å². The predicted octanol–water partition coefficient (Wildman–Crippen LogP) is 1.79. The first-order valence-electron chi connectivity index (χ1n) is 3.53. The summed E-state index contributed by atoms with van der Waals surface area (Å²) in [6.45, 7) is 4.33. The summed E-state index contributed by atoms with van der Waals surface area (Å²) < 4.78 is 0. The second-order valence-corrected chi connectivity index (χ2v) is 2.43. The zero-order valence-electron chi connectivity index (χ0n) is 6.33. The van der Waals surface area contributed by atoms with E-state index in [0.717, 1.165) is 6.42 Å². The van der Waals surface area contributed by atoms with Crippen LogP contribution in [0.3, 0.4) is 0 Å². The maximum Gasteiger partial charge on any atom is 0.114 e. The summed E-state index contributed by atoms with van der Waals surface area (Å²) in [5, 5.41) is 7.34. The Morgan fingerprint density at radius 2 is 2.50 bits per heavy atom. The fourth-order valence-corrected chi connectivity index (χ4v) is 0.775. The van der Waals surface area contributed by atoms with E-state index in [1.54, 1.807) is 6.20 Å². The van der Waals surface area contributed by atoms with E-state index in [-0.39, 0.29) is 0 Å². The van der Waals surface area contributed by atoms with Gasteiger partial charge in [0.2, 0.25) is 0 Å². The highest BCUT2D eigenvalue weighted by Gasteiger charge is 2.00. The molecule has 0 fully saturated rings. The molecule has 1 heterocycles. The third-order valence-corrected chi connectivity index (χ3v) is 1.73. The van der Waals surface area contributed by atoms with Crippen molar-refractivity contribution in [2.24, 2.45) is 0 Å². The molecule has 1 unspecified atom stereocenters. The second-order valence-electron chi connectivity index (χ2n) is 2.43. The Labute approximate surface area is 61.3 Å². The van der Waals surface area contributed by atoms with Crippen LogP contribution in [0.1, 0.15) is 31.7 Å². The lowest BCUT2D eigenvalue weighted by molar-refractivity contribution is 0.723. The van der Waals surface area contributed by atoms with Gasteiger partial charge in [-0.05, 0) is 24.0 Å². The van der Waals surface area contributed by atoms with Crippen molar-refractivity contribution >= 4 is 0 Å². The molecule has 0 aromatic carbocycles. The van der Waals surface area contributed by atoms with Gasteiger partial charge >= 0.3 is 0 Å². The summed E-state index contributed by atoms with van der Waals surface area (Å²) >= 11 is 0. The van der Waals surface area contributed by atoms with Gasteiger partial charge in [0.1, 0.15) is 6.20 Å². The third kappa shape index (κ3) is 1.53. The van der Waals surface area contributed by atoms with Gasteiger partial charge in [-0.3, -0.25) is 0 Å². The Hall–Kier alpha value is -0.920. The Bertz CT molecular complexity index is 184. The van der Waals surface area contributed by atoms with Crippen molar-refractivity contribution in [3.63, 3.8) is 0 Å². The van der Waals surface area contributed by atoms with Crippen molar-refractivity contribution in [2.45, 2.75) is 26.2 Å². The highest BCUT2D eigenvalue weighted by Crippen LogP contribution is 2.15. The fraction of sp³-hybridized carbons (Fsp3) is 0.500. The van der Waals surface area contributed by atoms with Gasteiger partial charge in [0.05, 0.1) is 6.20 Å². The lowest BCUT2D eigenvalue weighted by atomic mass is 10.0. The van der Waals surface area contributed by atoms with E-state index >= 15 is 0 Å². The first kappa shape index (κ1) is 7.19. The van der Waals surface area contributed by atoms with Crippen LogP contribution in [0.2, 0.25) is 0 Å². The van der Waals surface area contributed by atoms with Crippen LogP contribution in [0.4, 0.5) is 0 Å². The molecule has 1 aromatic rings. The van der Waals surface area contributed by atoms with Gasteiger partial charge in [-0.25, -0.2) is 0 Å². The van der Waals surface area contributed by atoms with Gasteiger partial charge in [-0.2, -0.15) is 5.10 Å². The lowest BCUT2D eigenvalue weighted by Crippen LogP contribution is -1.92. The van der Waals surface area contributed by atoms with E-state index in [4.69, 9.17) is 0 Å². The number of rotatable bonds is 2. The topological polar surface area (TPSA) is 25.8 Å². The molecule has 2 nitrogen and oxygen atoms in total. The van der Waals surface area contributed by atoms with Crippen LogP contribution in [0.5, 0.6) is 0 Å². The minimum atomic E-state index is 0.576. The maximum absolute atomic E-state index is 3.75. The van der Waals surface area contributed by atoms with Crippen LogP contribution in [0, 0.1) is 6.20 Å². The number of hydrogen-bond acceptors (Lipinski definition) is 2. The summed E-state index contributed by atoms with van der Waals surface area (Å²) in [6.07, 6.45) is 5.65. The van der Waals surface area contributed by atoms with Crippen molar-refractivity contribution in [1.29, 1.82) is 0 Å². The molecule has 1 radical (unpaired) electrons. The minimum absolute atomic E-state index is 0.576. The molecule has 1 atom stereocenters. The maximum atomic E-state index is 3.75. The summed E-state index contributed by atoms with van der Waals surface area (Å²) in [5.74, 6) is 0.576. The van der Waals surface area contributed by atoms with Crippen molar-refractivity contribution < 1.29 is 0 Å². The third-order valence-electron chi connectivity index (χ3n) is 1.73. The minimum Gasteiger partial charge on any atom is -0.158 e. The molecule has 0 bridgehead atoms. The van der Waals surface area contributed by atoms with Crippen LogP contribution < -0.4 is 0 Å². The molecule has 0 saturated heterocycles. The zero-order chi connectivity index (χ0) is 7.40. The van der Waals surface area contributed by atoms with Crippen LogP contribution in [0.15, 0.2) is 12.3 Å². The van der Waals surface area contributed by atoms with Gasteiger partial charge in [0, 0.05) is 0 Å². The number of hydrogen-bond donors (Lipinski definition) is 0. The molecular formula is C8H11N2. The first-order chi connectivity index (χ1) is 4.84. The fourth-order valence-electron chi connectivity index (χ4n) is 0.775. The summed E-state index contributed by atoms with van der Waals surface area (Å²) in [5.41, 5.74) is 1.22. The summed E-state index contributed by atoms with van der Waals surface area (Å²) in [4.78, 5) is 0. The van der Waals surface area contributed by atoms with Gasteiger partial charge in [-0.1, -0.05) is 13.8 Å². The molecule has 0 aliphatic rings. The quantitative estimate of drug-likeness (QED) is 0.617. The van der Waals surface area contributed by atoms with Gasteiger partial charge in [0.15, 0.2) is 0 Å². The predicted molar refractivity (Wildman–Crippen MR) is 39.6 cm³/mol. The number of aromatic nitrogens is 2.